The number of anilines is 1. The predicted octanol–water partition coefficient (Wildman–Crippen LogP) is 1.18. The third kappa shape index (κ3) is 3.95. The summed E-state index contributed by atoms with van der Waals surface area (Å²) in [4.78, 5) is 21.4. The van der Waals surface area contributed by atoms with Crippen LogP contribution < -0.4 is 4.90 Å². The molecule has 0 aromatic carbocycles. The minimum Gasteiger partial charge on any atom is -0.356 e. The van der Waals surface area contributed by atoms with Gasteiger partial charge in [-0.15, -0.1) is 0 Å². The Balaban J connectivity index is 1.69. The second kappa shape index (κ2) is 7.29. The number of rotatable bonds is 4. The van der Waals surface area contributed by atoms with E-state index in [-0.39, 0.29) is 11.9 Å². The fraction of sp³-hybridized carbons (Fsp3) is 0.647. The van der Waals surface area contributed by atoms with Crippen molar-refractivity contribution >= 4 is 21.7 Å². The SMILES string of the molecule is CN(C1CCN(C(=O)c2cccnc2N2CCCC2)CC1)S(C)(=O)=O. The number of amides is 1. The van der Waals surface area contributed by atoms with Gasteiger partial charge in [-0.25, -0.2) is 17.7 Å². The average Bonchev–Trinajstić information content (AvgIpc) is 3.14. The summed E-state index contributed by atoms with van der Waals surface area (Å²) >= 11 is 0. The molecule has 0 N–H and O–H groups in total. The number of likely N-dealkylation sites (tertiary alicyclic amines) is 1. The van der Waals surface area contributed by atoms with Gasteiger partial charge in [0, 0.05) is 45.5 Å². The summed E-state index contributed by atoms with van der Waals surface area (Å²) in [5, 5.41) is 0. The third-order valence-electron chi connectivity index (χ3n) is 5.21. The summed E-state index contributed by atoms with van der Waals surface area (Å²) in [5.74, 6) is 0.774. The molecule has 1 aromatic heterocycles. The first-order chi connectivity index (χ1) is 11.9. The number of hydrogen-bond donors (Lipinski definition) is 0. The fourth-order valence-corrected chi connectivity index (χ4v) is 4.37. The third-order valence-corrected chi connectivity index (χ3v) is 6.56. The van der Waals surface area contributed by atoms with Crippen LogP contribution in [0.1, 0.15) is 36.0 Å². The lowest BCUT2D eigenvalue weighted by molar-refractivity contribution is 0.0686. The molecule has 2 saturated heterocycles. The molecule has 0 aliphatic carbocycles. The molecule has 0 unspecified atom stereocenters. The molecule has 25 heavy (non-hydrogen) atoms. The lowest BCUT2D eigenvalue weighted by Crippen LogP contribution is -2.47. The first-order valence-corrected chi connectivity index (χ1v) is 10.6. The van der Waals surface area contributed by atoms with Crippen molar-refractivity contribution in [2.24, 2.45) is 0 Å². The Kier molecular flexibility index (Phi) is 5.29. The van der Waals surface area contributed by atoms with Crippen LogP contribution in [0.15, 0.2) is 18.3 Å². The number of carbonyl (C=O) groups is 1. The van der Waals surface area contributed by atoms with Gasteiger partial charge in [-0.3, -0.25) is 4.79 Å². The molecule has 3 heterocycles. The summed E-state index contributed by atoms with van der Waals surface area (Å²) < 4.78 is 24.8. The van der Waals surface area contributed by atoms with E-state index < -0.39 is 10.0 Å². The quantitative estimate of drug-likeness (QED) is 0.800. The van der Waals surface area contributed by atoms with Gasteiger partial charge in [-0.1, -0.05) is 0 Å². The minimum absolute atomic E-state index is 0.00420. The van der Waals surface area contributed by atoms with Crippen LogP contribution in [-0.4, -0.2) is 74.0 Å². The van der Waals surface area contributed by atoms with Crippen LogP contribution in [0.25, 0.3) is 0 Å². The van der Waals surface area contributed by atoms with Crippen molar-refractivity contribution in [2.45, 2.75) is 31.7 Å². The molecule has 1 aromatic rings. The summed E-state index contributed by atoms with van der Waals surface area (Å²) in [6, 6.07) is 3.61. The van der Waals surface area contributed by atoms with Crippen LogP contribution in [0.2, 0.25) is 0 Å². The lowest BCUT2D eigenvalue weighted by atomic mass is 10.0. The van der Waals surface area contributed by atoms with E-state index >= 15 is 0 Å². The molecular weight excluding hydrogens is 340 g/mol. The Bertz CT molecular complexity index is 723. The first-order valence-electron chi connectivity index (χ1n) is 8.80. The van der Waals surface area contributed by atoms with Crippen LogP contribution >= 0.6 is 0 Å². The fourth-order valence-electron chi connectivity index (χ4n) is 3.62. The zero-order chi connectivity index (χ0) is 18.0. The van der Waals surface area contributed by atoms with Crippen molar-refractivity contribution < 1.29 is 13.2 Å². The van der Waals surface area contributed by atoms with Crippen molar-refractivity contribution in [3.63, 3.8) is 0 Å². The second-order valence-corrected chi connectivity index (χ2v) is 8.91. The maximum atomic E-state index is 13.0. The highest BCUT2D eigenvalue weighted by Crippen LogP contribution is 2.25. The smallest absolute Gasteiger partial charge is 0.257 e. The second-order valence-electron chi connectivity index (χ2n) is 6.87. The van der Waals surface area contributed by atoms with Gasteiger partial charge in [-0.05, 0) is 37.8 Å². The molecule has 8 heteroatoms. The number of aromatic nitrogens is 1. The number of nitrogens with zero attached hydrogens (tertiary/aromatic N) is 4. The number of carbonyl (C=O) groups excluding carboxylic acids is 1. The topological polar surface area (TPSA) is 73.8 Å². The molecule has 1 amide bonds. The Hall–Kier alpha value is -1.67. The van der Waals surface area contributed by atoms with E-state index in [9.17, 15) is 13.2 Å². The highest BCUT2D eigenvalue weighted by Gasteiger charge is 2.31. The van der Waals surface area contributed by atoms with Crippen LogP contribution in [0.4, 0.5) is 5.82 Å². The maximum Gasteiger partial charge on any atom is 0.257 e. The monoisotopic (exact) mass is 366 g/mol. The highest BCUT2D eigenvalue weighted by atomic mass is 32.2. The van der Waals surface area contributed by atoms with Crippen molar-refractivity contribution in [3.05, 3.63) is 23.9 Å². The largest absolute Gasteiger partial charge is 0.356 e. The molecule has 2 aliphatic heterocycles. The molecule has 2 aliphatic rings. The van der Waals surface area contributed by atoms with E-state index in [2.05, 4.69) is 9.88 Å². The molecule has 7 nitrogen and oxygen atoms in total. The van der Waals surface area contributed by atoms with Crippen molar-refractivity contribution in [2.75, 3.05) is 44.4 Å². The molecule has 0 atom stereocenters. The first kappa shape index (κ1) is 18.1. The normalized spacial score (nSPS) is 19.6. The van der Waals surface area contributed by atoms with Gasteiger partial charge < -0.3 is 9.80 Å². The Labute approximate surface area is 149 Å². The Morgan fingerprint density at radius 3 is 2.44 bits per heavy atom. The van der Waals surface area contributed by atoms with Crippen LogP contribution in [0.3, 0.4) is 0 Å². The molecule has 0 saturated carbocycles. The highest BCUT2D eigenvalue weighted by molar-refractivity contribution is 7.88. The van der Waals surface area contributed by atoms with Gasteiger partial charge in [0.25, 0.3) is 5.91 Å². The van der Waals surface area contributed by atoms with Crippen LogP contribution in [0, 0.1) is 0 Å². The zero-order valence-corrected chi connectivity index (χ0v) is 15.7. The van der Waals surface area contributed by atoms with E-state index in [1.165, 1.54) is 10.6 Å². The number of pyridine rings is 1. The van der Waals surface area contributed by atoms with Crippen molar-refractivity contribution in [1.29, 1.82) is 0 Å². The van der Waals surface area contributed by atoms with Gasteiger partial charge >= 0.3 is 0 Å². The van der Waals surface area contributed by atoms with Crippen LogP contribution in [0.5, 0.6) is 0 Å². The maximum absolute atomic E-state index is 13.0. The van der Waals surface area contributed by atoms with E-state index in [1.54, 1.807) is 19.3 Å². The van der Waals surface area contributed by atoms with Gasteiger partial charge in [0.2, 0.25) is 10.0 Å². The van der Waals surface area contributed by atoms with Gasteiger partial charge in [0.1, 0.15) is 5.82 Å². The minimum atomic E-state index is -3.20. The van der Waals surface area contributed by atoms with Gasteiger partial charge in [0.15, 0.2) is 0 Å². The zero-order valence-electron chi connectivity index (χ0n) is 14.9. The molecule has 138 valence electrons. The summed E-state index contributed by atoms with van der Waals surface area (Å²) in [7, 11) is -1.58. The standard InChI is InChI=1S/C17H26N4O3S/c1-19(25(2,23)24)14-7-12-21(13-8-14)17(22)15-6-5-9-18-16(15)20-10-3-4-11-20/h5-6,9,14H,3-4,7-8,10-13H2,1-2H3. The molecule has 0 bridgehead atoms. The summed E-state index contributed by atoms with van der Waals surface area (Å²) in [5.41, 5.74) is 0.652. The van der Waals surface area contributed by atoms with E-state index in [0.29, 0.717) is 31.5 Å². The van der Waals surface area contributed by atoms with E-state index in [0.717, 1.165) is 31.7 Å². The molecule has 3 rings (SSSR count). The van der Waals surface area contributed by atoms with E-state index in [4.69, 9.17) is 0 Å². The predicted molar refractivity (Wildman–Crippen MR) is 97.2 cm³/mol. The van der Waals surface area contributed by atoms with Crippen LogP contribution in [-0.2, 0) is 10.0 Å². The van der Waals surface area contributed by atoms with Crippen molar-refractivity contribution in [3.8, 4) is 0 Å². The number of sulfonamides is 1. The Morgan fingerprint density at radius 2 is 1.84 bits per heavy atom. The number of piperidine rings is 1. The Morgan fingerprint density at radius 1 is 1.20 bits per heavy atom. The molecule has 0 spiro atoms. The van der Waals surface area contributed by atoms with Crippen molar-refractivity contribution in [1.82, 2.24) is 14.2 Å². The molecule has 0 radical (unpaired) electrons. The average molecular weight is 366 g/mol. The van der Waals surface area contributed by atoms with Gasteiger partial charge in [0.05, 0.1) is 11.8 Å². The molecule has 2 fully saturated rings. The summed E-state index contributed by atoms with van der Waals surface area (Å²) in [6.45, 7) is 3.02. The molecular formula is C17H26N4O3S. The van der Waals surface area contributed by atoms with Gasteiger partial charge in [-0.2, -0.15) is 0 Å². The van der Waals surface area contributed by atoms with E-state index in [1.807, 2.05) is 11.0 Å². The lowest BCUT2D eigenvalue weighted by Gasteiger charge is -2.36. The summed E-state index contributed by atoms with van der Waals surface area (Å²) in [6.07, 6.45) is 6.55. The number of hydrogen-bond acceptors (Lipinski definition) is 5.